The zero-order chi connectivity index (χ0) is 9.19. The van der Waals surface area contributed by atoms with Crippen LogP contribution in [0.25, 0.3) is 0 Å². The first kappa shape index (κ1) is 8.91. The number of rotatable bonds is 0. The van der Waals surface area contributed by atoms with Gasteiger partial charge in [-0.15, -0.1) is 0 Å². The van der Waals surface area contributed by atoms with Crippen LogP contribution in [0.2, 0.25) is 0 Å². The molecule has 0 aliphatic heterocycles. The first-order chi connectivity index (χ1) is 5.52. The molecule has 0 N–H and O–H groups in total. The second kappa shape index (κ2) is 3.05. The molecule has 0 bridgehead atoms. The quantitative estimate of drug-likeness (QED) is 0.583. The smallest absolute Gasteiger partial charge is 0.200 e. The average molecular weight is 163 g/mol. The molecule has 0 saturated heterocycles. The van der Waals surface area contributed by atoms with Gasteiger partial charge in [0, 0.05) is 11.6 Å². The van der Waals surface area contributed by atoms with Crippen LogP contribution in [0.3, 0.4) is 0 Å². The van der Waals surface area contributed by atoms with Crippen LogP contribution in [-0.2, 0) is 5.41 Å². The van der Waals surface area contributed by atoms with Gasteiger partial charge in [0.25, 0.3) is 0 Å². The lowest BCUT2D eigenvalue weighted by molar-refractivity contribution is 0.565. The van der Waals surface area contributed by atoms with Gasteiger partial charge in [0.15, 0.2) is 0 Å². The van der Waals surface area contributed by atoms with Crippen molar-refractivity contribution in [2.75, 3.05) is 0 Å². The first-order valence-corrected chi connectivity index (χ1v) is 3.97. The van der Waals surface area contributed by atoms with Gasteiger partial charge in [-0.2, -0.15) is 0 Å². The minimum absolute atomic E-state index is 0.00694. The summed E-state index contributed by atoms with van der Waals surface area (Å²) in [4.78, 5) is 15.5. The summed E-state index contributed by atoms with van der Waals surface area (Å²) in [5, 5.41) is 0. The fourth-order valence-electron chi connectivity index (χ4n) is 1.02. The highest BCUT2D eigenvalue weighted by molar-refractivity contribution is 5.12. The zero-order valence-corrected chi connectivity index (χ0v) is 7.66. The highest BCUT2D eigenvalue weighted by Crippen LogP contribution is 2.14. The molecule has 12 heavy (non-hydrogen) atoms. The van der Waals surface area contributed by atoms with Crippen molar-refractivity contribution in [3.8, 4) is 0 Å². The summed E-state index contributed by atoms with van der Waals surface area (Å²) < 4.78 is 0. The molecule has 0 radical (unpaired) electrons. The number of hydrogen-bond donors (Lipinski definition) is 0. The van der Waals surface area contributed by atoms with Gasteiger partial charge in [-0.05, 0) is 12.1 Å². The molecule has 0 fully saturated rings. The number of aromatic nitrogens is 1. The van der Waals surface area contributed by atoms with Gasteiger partial charge in [-0.25, -0.2) is 0 Å². The molecular weight excluding hydrogens is 150 g/mol. The van der Waals surface area contributed by atoms with Crippen molar-refractivity contribution in [3.63, 3.8) is 0 Å². The van der Waals surface area contributed by atoms with E-state index >= 15 is 0 Å². The molecule has 1 aromatic heterocycles. The van der Waals surface area contributed by atoms with Crippen molar-refractivity contribution in [1.29, 1.82) is 0 Å². The summed E-state index contributed by atoms with van der Waals surface area (Å²) >= 11 is 0. The molecule has 0 saturated carbocycles. The second-order valence-corrected chi connectivity index (χ2v) is 3.79. The van der Waals surface area contributed by atoms with Crippen LogP contribution >= 0.6 is 0 Å². The third kappa shape index (κ3) is 1.91. The zero-order valence-electron chi connectivity index (χ0n) is 7.66. The lowest BCUT2D eigenvalue weighted by Gasteiger charge is -2.14. The Bertz CT molecular complexity index is 325. The first-order valence-electron chi connectivity index (χ1n) is 3.97. The predicted molar refractivity (Wildman–Crippen MR) is 49.2 cm³/mol. The molecule has 0 unspecified atom stereocenters. The van der Waals surface area contributed by atoms with Crippen LogP contribution in [0.5, 0.6) is 0 Å². The summed E-state index contributed by atoms with van der Waals surface area (Å²) in [5.74, 6) is 0. The molecular formula is C10H13NO. The fourth-order valence-corrected chi connectivity index (χ4v) is 1.02. The van der Waals surface area contributed by atoms with Crippen LogP contribution < -0.4 is 5.43 Å². The standard InChI is InChI=1S/C10H13NO/c1-10(2,3)9-8(12)6-4-5-7-11-9/h4-7H,1-3H3. The Morgan fingerprint density at radius 2 is 1.92 bits per heavy atom. The van der Waals surface area contributed by atoms with Gasteiger partial charge in [-0.1, -0.05) is 26.8 Å². The van der Waals surface area contributed by atoms with E-state index in [1.807, 2.05) is 20.8 Å². The molecule has 2 heteroatoms. The van der Waals surface area contributed by atoms with E-state index in [4.69, 9.17) is 0 Å². The summed E-state index contributed by atoms with van der Waals surface area (Å²) in [7, 11) is 0. The van der Waals surface area contributed by atoms with E-state index in [2.05, 4.69) is 4.98 Å². The van der Waals surface area contributed by atoms with Gasteiger partial charge < -0.3 is 0 Å². The van der Waals surface area contributed by atoms with Gasteiger partial charge in [0.1, 0.15) is 0 Å². The normalized spacial score (nSPS) is 11.2. The van der Waals surface area contributed by atoms with Crippen molar-refractivity contribution in [2.24, 2.45) is 0 Å². The summed E-state index contributed by atoms with van der Waals surface area (Å²) in [6.45, 7) is 5.95. The highest BCUT2D eigenvalue weighted by Gasteiger charge is 2.17. The highest BCUT2D eigenvalue weighted by atomic mass is 16.1. The summed E-state index contributed by atoms with van der Waals surface area (Å²) in [6, 6.07) is 5.02. The van der Waals surface area contributed by atoms with E-state index < -0.39 is 0 Å². The summed E-state index contributed by atoms with van der Waals surface area (Å²) in [6.07, 6.45) is 1.65. The van der Waals surface area contributed by atoms with Gasteiger partial charge in [0.05, 0.1) is 5.69 Å². The van der Waals surface area contributed by atoms with E-state index in [0.29, 0.717) is 5.69 Å². The average Bonchev–Trinajstić information content (AvgIpc) is 2.11. The Balaban J connectivity index is 3.38. The second-order valence-electron chi connectivity index (χ2n) is 3.79. The molecule has 1 heterocycles. The van der Waals surface area contributed by atoms with Crippen molar-refractivity contribution in [2.45, 2.75) is 26.2 Å². The van der Waals surface area contributed by atoms with Crippen LogP contribution in [0, 0.1) is 0 Å². The van der Waals surface area contributed by atoms with Gasteiger partial charge >= 0.3 is 0 Å². The molecule has 1 rings (SSSR count). The Labute approximate surface area is 72.3 Å². The Hall–Kier alpha value is -1.18. The monoisotopic (exact) mass is 163 g/mol. The SMILES string of the molecule is CC(C)(C)c1nccccc1=O. The topological polar surface area (TPSA) is 30.0 Å². The molecule has 64 valence electrons. The maximum atomic E-state index is 11.4. The molecule has 0 aromatic carbocycles. The van der Waals surface area contributed by atoms with Gasteiger partial charge in [-0.3, -0.25) is 9.78 Å². The number of hydrogen-bond acceptors (Lipinski definition) is 2. The molecule has 0 amide bonds. The van der Waals surface area contributed by atoms with E-state index in [-0.39, 0.29) is 10.8 Å². The van der Waals surface area contributed by atoms with Crippen molar-refractivity contribution >= 4 is 0 Å². The molecule has 0 aliphatic rings. The third-order valence-corrected chi connectivity index (χ3v) is 1.59. The molecule has 0 spiro atoms. The largest absolute Gasteiger partial charge is 0.288 e. The van der Waals surface area contributed by atoms with Crippen molar-refractivity contribution < 1.29 is 0 Å². The Morgan fingerprint density at radius 3 is 2.50 bits per heavy atom. The van der Waals surface area contributed by atoms with Crippen LogP contribution in [0.15, 0.2) is 29.2 Å². The third-order valence-electron chi connectivity index (χ3n) is 1.59. The van der Waals surface area contributed by atoms with E-state index in [9.17, 15) is 4.79 Å². The number of nitrogens with zero attached hydrogens (tertiary/aromatic N) is 1. The Morgan fingerprint density at radius 1 is 1.25 bits per heavy atom. The summed E-state index contributed by atoms with van der Waals surface area (Å²) in [5.41, 5.74) is 0.454. The fraction of sp³-hybridized carbons (Fsp3) is 0.400. The predicted octanol–water partition coefficient (Wildman–Crippen LogP) is 1.74. The van der Waals surface area contributed by atoms with E-state index in [1.165, 1.54) is 0 Å². The lowest BCUT2D eigenvalue weighted by atomic mass is 9.92. The van der Waals surface area contributed by atoms with Crippen LogP contribution in [0.4, 0.5) is 0 Å². The van der Waals surface area contributed by atoms with Crippen molar-refractivity contribution in [3.05, 3.63) is 40.3 Å². The van der Waals surface area contributed by atoms with Crippen molar-refractivity contribution in [1.82, 2.24) is 4.98 Å². The molecule has 0 atom stereocenters. The van der Waals surface area contributed by atoms with Crippen LogP contribution in [-0.4, -0.2) is 4.98 Å². The maximum absolute atomic E-state index is 11.4. The molecule has 0 aliphatic carbocycles. The molecule has 1 aromatic rings. The minimum atomic E-state index is -0.171. The Kier molecular flexibility index (Phi) is 2.27. The molecule has 2 nitrogen and oxygen atoms in total. The lowest BCUT2D eigenvalue weighted by Crippen LogP contribution is -2.22. The minimum Gasteiger partial charge on any atom is -0.288 e. The van der Waals surface area contributed by atoms with E-state index in [0.717, 1.165) is 0 Å². The van der Waals surface area contributed by atoms with Crippen LogP contribution in [0.1, 0.15) is 26.5 Å². The van der Waals surface area contributed by atoms with E-state index in [1.54, 1.807) is 24.4 Å². The maximum Gasteiger partial charge on any atom is 0.200 e. The van der Waals surface area contributed by atoms with Gasteiger partial charge in [0.2, 0.25) is 5.43 Å².